The molecule has 1 heterocycles. The van der Waals surface area contributed by atoms with E-state index in [9.17, 15) is 0 Å². The van der Waals surface area contributed by atoms with E-state index in [4.69, 9.17) is 10.3 Å². The summed E-state index contributed by atoms with van der Waals surface area (Å²) in [5, 5.41) is 6.01. The molecular weight excluding hydrogens is 280 g/mol. The molecule has 3 aromatic rings. The van der Waals surface area contributed by atoms with Crippen molar-refractivity contribution >= 4 is 32.5 Å². The van der Waals surface area contributed by atoms with E-state index >= 15 is 0 Å². The van der Waals surface area contributed by atoms with Crippen LogP contribution in [0.15, 0.2) is 51.5 Å². The number of fused-ring (bicyclic) bond motifs is 1. The van der Waals surface area contributed by atoms with Crippen LogP contribution in [0.25, 0.3) is 22.1 Å². The van der Waals surface area contributed by atoms with Crippen molar-refractivity contribution in [3.05, 3.63) is 46.9 Å². The number of halogens is 1. The molecule has 0 amide bonds. The molecule has 0 radical (unpaired) electrons. The summed E-state index contributed by atoms with van der Waals surface area (Å²) in [6, 6.07) is 14.0. The van der Waals surface area contributed by atoms with Gasteiger partial charge in [0.1, 0.15) is 0 Å². The molecule has 0 bridgehead atoms. The average Bonchev–Trinajstić information content (AvgIpc) is 2.75. The highest BCUT2D eigenvalue weighted by Gasteiger charge is 2.05. The van der Waals surface area contributed by atoms with Gasteiger partial charge in [-0.1, -0.05) is 39.3 Å². The van der Waals surface area contributed by atoms with E-state index in [1.165, 1.54) is 5.39 Å². The molecule has 3 nitrogen and oxygen atoms in total. The lowest BCUT2D eigenvalue weighted by atomic mass is 10.1. The smallest absolute Gasteiger partial charge is 0.169 e. The second-order valence-corrected chi connectivity index (χ2v) is 4.74. The number of benzene rings is 2. The zero-order chi connectivity index (χ0) is 11.8. The van der Waals surface area contributed by atoms with Crippen molar-refractivity contribution in [2.75, 3.05) is 5.73 Å². The molecule has 0 fully saturated rings. The van der Waals surface area contributed by atoms with Gasteiger partial charge in [-0.25, -0.2) is 0 Å². The fourth-order valence-electron chi connectivity index (χ4n) is 1.79. The lowest BCUT2D eigenvalue weighted by Gasteiger charge is -2.01. The Morgan fingerprint density at radius 3 is 2.53 bits per heavy atom. The molecule has 0 atom stereocenters. The van der Waals surface area contributed by atoms with Crippen LogP contribution < -0.4 is 5.73 Å². The molecular formula is C13H9BrN2O. The number of nitrogens with zero attached hydrogens (tertiary/aromatic N) is 1. The maximum absolute atomic E-state index is 5.54. The van der Waals surface area contributed by atoms with Gasteiger partial charge >= 0.3 is 0 Å². The second kappa shape index (κ2) is 3.89. The third-order valence-corrected chi connectivity index (χ3v) is 3.11. The van der Waals surface area contributed by atoms with Crippen LogP contribution in [0, 0.1) is 0 Å². The third kappa shape index (κ3) is 1.91. The van der Waals surface area contributed by atoms with Crippen molar-refractivity contribution in [2.24, 2.45) is 0 Å². The molecule has 0 aliphatic rings. The van der Waals surface area contributed by atoms with Crippen molar-refractivity contribution in [1.82, 2.24) is 5.16 Å². The highest BCUT2D eigenvalue weighted by atomic mass is 79.9. The number of nitrogen functional groups attached to an aromatic ring is 1. The Morgan fingerprint density at radius 1 is 1.00 bits per heavy atom. The Morgan fingerprint density at radius 2 is 1.76 bits per heavy atom. The lowest BCUT2D eigenvalue weighted by molar-refractivity contribution is 0.436. The van der Waals surface area contributed by atoms with E-state index in [2.05, 4.69) is 39.3 Å². The third-order valence-electron chi connectivity index (χ3n) is 2.62. The van der Waals surface area contributed by atoms with Crippen LogP contribution in [0.3, 0.4) is 0 Å². The Labute approximate surface area is 106 Å². The molecule has 0 aliphatic carbocycles. The molecule has 0 saturated carbocycles. The predicted octanol–water partition coefficient (Wildman–Crippen LogP) is 3.84. The van der Waals surface area contributed by atoms with Crippen molar-refractivity contribution in [1.29, 1.82) is 0 Å². The van der Waals surface area contributed by atoms with E-state index in [0.29, 0.717) is 11.6 Å². The minimum absolute atomic E-state index is 0.399. The summed E-state index contributed by atoms with van der Waals surface area (Å²) in [4.78, 5) is 0. The molecule has 4 heteroatoms. The van der Waals surface area contributed by atoms with Crippen LogP contribution in [0.1, 0.15) is 0 Å². The average molecular weight is 289 g/mol. The summed E-state index contributed by atoms with van der Waals surface area (Å²) in [6.45, 7) is 0. The van der Waals surface area contributed by atoms with E-state index in [1.807, 2.05) is 18.2 Å². The summed E-state index contributed by atoms with van der Waals surface area (Å²) in [6.07, 6.45) is 0. The summed E-state index contributed by atoms with van der Waals surface area (Å²) < 4.78 is 6.21. The Bertz CT molecular complexity index is 691. The zero-order valence-corrected chi connectivity index (χ0v) is 10.4. The van der Waals surface area contributed by atoms with Gasteiger partial charge < -0.3 is 10.3 Å². The second-order valence-electron chi connectivity index (χ2n) is 3.82. The SMILES string of the molecule is Nc1cc(-c2ccc3cc(Br)ccc3c2)on1. The van der Waals surface area contributed by atoms with Gasteiger partial charge in [-0.15, -0.1) is 0 Å². The van der Waals surface area contributed by atoms with Crippen LogP contribution in [0.4, 0.5) is 5.82 Å². The monoisotopic (exact) mass is 288 g/mol. The maximum Gasteiger partial charge on any atom is 0.169 e. The molecule has 3 rings (SSSR count). The fourth-order valence-corrected chi connectivity index (χ4v) is 2.17. The number of aromatic nitrogens is 1. The molecule has 2 N–H and O–H groups in total. The first-order chi connectivity index (χ1) is 8.22. The van der Waals surface area contributed by atoms with E-state index < -0.39 is 0 Å². The highest BCUT2D eigenvalue weighted by Crippen LogP contribution is 2.27. The fraction of sp³-hybridized carbons (Fsp3) is 0. The normalized spacial score (nSPS) is 10.9. The van der Waals surface area contributed by atoms with Gasteiger partial charge in [0.25, 0.3) is 0 Å². The van der Waals surface area contributed by atoms with Crippen LogP contribution in [0.2, 0.25) is 0 Å². The number of hydrogen-bond acceptors (Lipinski definition) is 3. The molecule has 2 aromatic carbocycles. The van der Waals surface area contributed by atoms with Crippen molar-refractivity contribution < 1.29 is 4.52 Å². The Balaban J connectivity index is 2.16. The first-order valence-electron chi connectivity index (χ1n) is 5.14. The maximum atomic E-state index is 5.54. The molecule has 0 saturated heterocycles. The quantitative estimate of drug-likeness (QED) is 0.740. The zero-order valence-electron chi connectivity index (χ0n) is 8.85. The van der Waals surface area contributed by atoms with Gasteiger partial charge in [-0.2, -0.15) is 0 Å². The number of nitrogens with two attached hydrogens (primary N) is 1. The topological polar surface area (TPSA) is 52.0 Å². The Kier molecular flexibility index (Phi) is 2.37. The van der Waals surface area contributed by atoms with Crippen LogP contribution in [-0.4, -0.2) is 5.16 Å². The van der Waals surface area contributed by atoms with Gasteiger partial charge in [-0.05, 0) is 29.0 Å². The van der Waals surface area contributed by atoms with Gasteiger partial charge in [-0.3, -0.25) is 0 Å². The van der Waals surface area contributed by atoms with E-state index in [1.54, 1.807) is 6.07 Å². The van der Waals surface area contributed by atoms with Crippen molar-refractivity contribution in [3.8, 4) is 11.3 Å². The molecule has 17 heavy (non-hydrogen) atoms. The van der Waals surface area contributed by atoms with E-state index in [-0.39, 0.29) is 0 Å². The largest absolute Gasteiger partial charge is 0.381 e. The molecule has 1 aromatic heterocycles. The minimum atomic E-state index is 0.399. The minimum Gasteiger partial charge on any atom is -0.381 e. The first kappa shape index (κ1) is 10.4. The van der Waals surface area contributed by atoms with Crippen LogP contribution in [-0.2, 0) is 0 Å². The lowest BCUT2D eigenvalue weighted by Crippen LogP contribution is -1.80. The number of rotatable bonds is 1. The van der Waals surface area contributed by atoms with Gasteiger partial charge in [0.2, 0.25) is 0 Å². The highest BCUT2D eigenvalue weighted by molar-refractivity contribution is 9.10. The van der Waals surface area contributed by atoms with Gasteiger partial charge in [0.05, 0.1) is 0 Å². The molecule has 0 spiro atoms. The summed E-state index contributed by atoms with van der Waals surface area (Å²) in [5.41, 5.74) is 6.51. The van der Waals surface area contributed by atoms with Crippen molar-refractivity contribution in [3.63, 3.8) is 0 Å². The Hall–Kier alpha value is -1.81. The summed E-state index contributed by atoms with van der Waals surface area (Å²) in [7, 11) is 0. The molecule has 0 unspecified atom stereocenters. The van der Waals surface area contributed by atoms with Crippen molar-refractivity contribution in [2.45, 2.75) is 0 Å². The van der Waals surface area contributed by atoms with Crippen LogP contribution >= 0.6 is 15.9 Å². The van der Waals surface area contributed by atoms with Crippen LogP contribution in [0.5, 0.6) is 0 Å². The first-order valence-corrected chi connectivity index (χ1v) is 5.93. The molecule has 0 aliphatic heterocycles. The predicted molar refractivity (Wildman–Crippen MR) is 71.6 cm³/mol. The number of anilines is 1. The summed E-state index contributed by atoms with van der Waals surface area (Å²) >= 11 is 3.45. The molecule has 84 valence electrons. The van der Waals surface area contributed by atoms with Gasteiger partial charge in [0, 0.05) is 16.1 Å². The van der Waals surface area contributed by atoms with Gasteiger partial charge in [0.15, 0.2) is 11.6 Å². The standard InChI is InChI=1S/C13H9BrN2O/c14-11-4-3-8-5-10(2-1-9(8)6-11)12-7-13(15)16-17-12/h1-7H,(H2,15,16). The van der Waals surface area contributed by atoms with E-state index in [0.717, 1.165) is 15.4 Å². The number of hydrogen-bond donors (Lipinski definition) is 1. The summed E-state index contributed by atoms with van der Waals surface area (Å²) in [5.74, 6) is 1.09.